The maximum atomic E-state index is 12.2. The van der Waals surface area contributed by atoms with Crippen LogP contribution in [0.15, 0.2) is 52.4 Å². The molecule has 1 fully saturated rings. The zero-order valence-electron chi connectivity index (χ0n) is 13.3. The fraction of sp³-hybridized carbons (Fsp3) is 0.111. The van der Waals surface area contributed by atoms with E-state index in [1.54, 1.807) is 30.3 Å². The number of thioether (sulfide) groups is 1. The number of benzene rings is 2. The van der Waals surface area contributed by atoms with E-state index >= 15 is 0 Å². The Hall–Kier alpha value is -2.44. The van der Waals surface area contributed by atoms with Crippen LogP contribution >= 0.6 is 23.4 Å². The molecule has 0 aliphatic carbocycles. The van der Waals surface area contributed by atoms with Crippen LogP contribution in [-0.4, -0.2) is 22.8 Å². The summed E-state index contributed by atoms with van der Waals surface area (Å²) in [5.74, 6) is 0.367. The topological polar surface area (TPSA) is 70.9 Å². The third kappa shape index (κ3) is 4.35. The first-order valence-corrected chi connectivity index (χ1v) is 8.75. The molecule has 2 aromatic rings. The first-order valence-electron chi connectivity index (χ1n) is 7.56. The standard InChI is InChI=1S/C18H15ClN2O3S/c1-2-24-13-8-11(7-12(22)10-13)9-16-17(23)21-18(25-16)20-15-6-4-3-5-14(15)19/h3-10,22H,2H2,1H3,(H,20,21,23). The molecule has 1 amide bonds. The fourth-order valence-corrected chi connectivity index (χ4v) is 3.24. The van der Waals surface area contributed by atoms with Gasteiger partial charge in [-0.15, -0.1) is 0 Å². The molecule has 128 valence electrons. The van der Waals surface area contributed by atoms with E-state index in [0.717, 1.165) is 0 Å². The number of phenols is 1. The van der Waals surface area contributed by atoms with Gasteiger partial charge in [0.15, 0.2) is 5.17 Å². The Balaban J connectivity index is 1.86. The summed E-state index contributed by atoms with van der Waals surface area (Å²) in [5.41, 5.74) is 1.25. The Morgan fingerprint density at radius 1 is 1.32 bits per heavy atom. The number of aliphatic imine (C=N–C) groups is 1. The van der Waals surface area contributed by atoms with Crippen molar-refractivity contribution in [1.29, 1.82) is 0 Å². The Morgan fingerprint density at radius 2 is 2.12 bits per heavy atom. The average Bonchev–Trinajstić information content (AvgIpc) is 2.89. The number of amidine groups is 1. The summed E-state index contributed by atoms with van der Waals surface area (Å²) < 4.78 is 5.40. The molecule has 1 saturated heterocycles. The number of carbonyl (C=O) groups is 1. The predicted molar refractivity (Wildman–Crippen MR) is 102 cm³/mol. The van der Waals surface area contributed by atoms with Gasteiger partial charge < -0.3 is 15.2 Å². The lowest BCUT2D eigenvalue weighted by Crippen LogP contribution is -2.19. The van der Waals surface area contributed by atoms with Crippen molar-refractivity contribution in [2.24, 2.45) is 4.99 Å². The van der Waals surface area contributed by atoms with Gasteiger partial charge in [0.1, 0.15) is 11.5 Å². The van der Waals surface area contributed by atoms with Crippen LogP contribution in [0.2, 0.25) is 5.02 Å². The van der Waals surface area contributed by atoms with Crippen molar-refractivity contribution < 1.29 is 14.6 Å². The molecule has 0 atom stereocenters. The number of hydrogen-bond donors (Lipinski definition) is 2. The zero-order chi connectivity index (χ0) is 17.8. The molecular weight excluding hydrogens is 360 g/mol. The van der Waals surface area contributed by atoms with Crippen LogP contribution in [0.5, 0.6) is 11.5 Å². The van der Waals surface area contributed by atoms with Gasteiger partial charge in [0.2, 0.25) is 0 Å². The van der Waals surface area contributed by atoms with E-state index in [4.69, 9.17) is 16.3 Å². The number of rotatable bonds is 4. The van der Waals surface area contributed by atoms with Crippen LogP contribution in [-0.2, 0) is 4.79 Å². The summed E-state index contributed by atoms with van der Waals surface area (Å²) in [6.45, 7) is 2.35. The quantitative estimate of drug-likeness (QED) is 0.781. The van der Waals surface area contributed by atoms with Crippen molar-refractivity contribution >= 4 is 46.2 Å². The first kappa shape index (κ1) is 17.4. The first-order chi connectivity index (χ1) is 12.0. The number of carbonyl (C=O) groups excluding carboxylic acids is 1. The highest BCUT2D eigenvalue weighted by Gasteiger charge is 2.24. The normalized spacial score (nSPS) is 17.1. The van der Waals surface area contributed by atoms with E-state index in [1.165, 1.54) is 17.8 Å². The van der Waals surface area contributed by atoms with E-state index in [9.17, 15) is 9.90 Å². The van der Waals surface area contributed by atoms with Gasteiger partial charge in [-0.2, -0.15) is 0 Å². The number of para-hydroxylation sites is 1. The predicted octanol–water partition coefficient (Wildman–Crippen LogP) is 4.34. The van der Waals surface area contributed by atoms with Crippen molar-refractivity contribution in [3.05, 3.63) is 58.0 Å². The Morgan fingerprint density at radius 3 is 2.88 bits per heavy atom. The molecule has 0 bridgehead atoms. The maximum absolute atomic E-state index is 12.2. The Labute approximate surface area is 154 Å². The Bertz CT molecular complexity index is 880. The molecule has 1 heterocycles. The van der Waals surface area contributed by atoms with Gasteiger partial charge in [-0.25, -0.2) is 4.99 Å². The zero-order valence-corrected chi connectivity index (χ0v) is 14.9. The molecule has 5 nitrogen and oxygen atoms in total. The van der Waals surface area contributed by atoms with Gasteiger partial charge in [-0.1, -0.05) is 23.7 Å². The van der Waals surface area contributed by atoms with E-state index < -0.39 is 0 Å². The largest absolute Gasteiger partial charge is 0.508 e. The number of nitrogens with one attached hydrogen (secondary N) is 1. The van der Waals surface area contributed by atoms with Gasteiger partial charge in [0, 0.05) is 6.07 Å². The highest BCUT2D eigenvalue weighted by atomic mass is 35.5. The minimum atomic E-state index is -0.253. The SMILES string of the molecule is CCOc1cc(O)cc(C=C2SC(=Nc3ccccc3Cl)NC2=O)c1. The van der Waals surface area contributed by atoms with E-state index in [1.807, 2.05) is 19.1 Å². The lowest BCUT2D eigenvalue weighted by molar-refractivity contribution is -0.115. The van der Waals surface area contributed by atoms with Gasteiger partial charge in [0.05, 0.1) is 22.2 Å². The molecule has 0 aromatic heterocycles. The van der Waals surface area contributed by atoms with Crippen LogP contribution in [0.4, 0.5) is 5.69 Å². The lowest BCUT2D eigenvalue weighted by atomic mass is 10.2. The number of halogens is 1. The third-order valence-electron chi connectivity index (χ3n) is 3.25. The van der Waals surface area contributed by atoms with Gasteiger partial charge >= 0.3 is 0 Å². The highest BCUT2D eigenvalue weighted by Crippen LogP contribution is 2.32. The molecule has 0 saturated carbocycles. The van der Waals surface area contributed by atoms with Crippen molar-refractivity contribution in [2.45, 2.75) is 6.92 Å². The van der Waals surface area contributed by atoms with Gasteiger partial charge in [-0.05, 0) is 54.6 Å². The van der Waals surface area contributed by atoms with Crippen LogP contribution in [0.25, 0.3) is 6.08 Å². The van der Waals surface area contributed by atoms with Crippen LogP contribution in [0.1, 0.15) is 12.5 Å². The number of hydrogen-bond acceptors (Lipinski definition) is 5. The molecule has 1 aliphatic heterocycles. The third-order valence-corrected chi connectivity index (χ3v) is 4.48. The van der Waals surface area contributed by atoms with E-state index in [0.29, 0.717) is 38.7 Å². The van der Waals surface area contributed by atoms with Gasteiger partial charge in [-0.3, -0.25) is 4.79 Å². The van der Waals surface area contributed by atoms with Crippen LogP contribution in [0, 0.1) is 0 Å². The maximum Gasteiger partial charge on any atom is 0.264 e. The van der Waals surface area contributed by atoms with Crippen molar-refractivity contribution in [3.8, 4) is 11.5 Å². The molecular formula is C18H15ClN2O3S. The van der Waals surface area contributed by atoms with Crippen molar-refractivity contribution in [3.63, 3.8) is 0 Å². The minimum absolute atomic E-state index is 0.0752. The molecule has 2 aromatic carbocycles. The number of phenolic OH excluding ortho intramolecular Hbond substituents is 1. The summed E-state index contributed by atoms with van der Waals surface area (Å²) in [6.07, 6.45) is 1.68. The second-order valence-corrected chi connectivity index (χ2v) is 6.56. The van der Waals surface area contributed by atoms with Crippen LogP contribution < -0.4 is 10.1 Å². The molecule has 3 rings (SSSR count). The van der Waals surface area contributed by atoms with Crippen LogP contribution in [0.3, 0.4) is 0 Å². The molecule has 1 aliphatic rings. The Kier molecular flexibility index (Phi) is 5.31. The summed E-state index contributed by atoms with van der Waals surface area (Å²) in [5, 5.41) is 13.5. The van der Waals surface area contributed by atoms with Crippen molar-refractivity contribution in [1.82, 2.24) is 5.32 Å². The summed E-state index contributed by atoms with van der Waals surface area (Å²) in [7, 11) is 0. The summed E-state index contributed by atoms with van der Waals surface area (Å²) >= 11 is 7.30. The second-order valence-electron chi connectivity index (χ2n) is 5.13. The average molecular weight is 375 g/mol. The molecule has 0 radical (unpaired) electrons. The lowest BCUT2D eigenvalue weighted by Gasteiger charge is -2.05. The second kappa shape index (κ2) is 7.63. The summed E-state index contributed by atoms with van der Waals surface area (Å²) in [6, 6.07) is 12.0. The molecule has 0 spiro atoms. The number of amides is 1. The highest BCUT2D eigenvalue weighted by molar-refractivity contribution is 8.18. The number of ether oxygens (including phenoxy) is 1. The molecule has 7 heteroatoms. The molecule has 2 N–H and O–H groups in total. The summed E-state index contributed by atoms with van der Waals surface area (Å²) in [4.78, 5) is 17.0. The van der Waals surface area contributed by atoms with E-state index in [-0.39, 0.29) is 11.7 Å². The smallest absolute Gasteiger partial charge is 0.264 e. The fourth-order valence-electron chi connectivity index (χ4n) is 2.22. The minimum Gasteiger partial charge on any atom is -0.508 e. The molecule has 25 heavy (non-hydrogen) atoms. The number of aromatic hydroxyl groups is 1. The van der Waals surface area contributed by atoms with Gasteiger partial charge in [0.25, 0.3) is 5.91 Å². The van der Waals surface area contributed by atoms with E-state index in [2.05, 4.69) is 10.3 Å². The van der Waals surface area contributed by atoms with Crippen molar-refractivity contribution in [2.75, 3.05) is 6.61 Å². The number of nitrogens with zero attached hydrogens (tertiary/aromatic N) is 1. The molecule has 0 unspecified atom stereocenters. The monoisotopic (exact) mass is 374 g/mol.